The lowest BCUT2D eigenvalue weighted by molar-refractivity contribution is -0.415. The summed E-state index contributed by atoms with van der Waals surface area (Å²) in [5, 5.41) is 0. The van der Waals surface area contributed by atoms with Gasteiger partial charge in [-0.3, -0.25) is 0 Å². The van der Waals surface area contributed by atoms with Gasteiger partial charge in [-0.05, 0) is 37.0 Å². The Hall–Kier alpha value is 0.960. The zero-order chi connectivity index (χ0) is 20.1. The molecule has 0 N–H and O–H groups in total. The van der Waals surface area contributed by atoms with E-state index in [2.05, 4.69) is 45.2 Å². The molecule has 10 heteroatoms. The highest BCUT2D eigenvalue weighted by molar-refractivity contribution is 14.1. The van der Waals surface area contributed by atoms with E-state index in [9.17, 15) is 26.3 Å². The first-order chi connectivity index (χ1) is 11.7. The Morgan fingerprint density at radius 2 is 1.50 bits per heavy atom. The minimum Gasteiger partial charge on any atom is -0.356 e. The highest BCUT2D eigenvalue weighted by atomic mass is 127. The standard InChI is InChI=1S/C16H22F6I2O2/c1-7(2)13(25-3)26-14(15(17,18)19,16(20,21)22)6-9-4-8-5-10(9)12(24)11(8)23/h7-13H,4-6H2,1-3H3/t8?,9?,10-,11?,12?,13?/m1/s1. The summed E-state index contributed by atoms with van der Waals surface area (Å²) in [6.07, 6.45) is -12.8. The summed E-state index contributed by atoms with van der Waals surface area (Å²) in [4.78, 5) is 0. The van der Waals surface area contributed by atoms with E-state index < -0.39 is 42.5 Å². The molecule has 0 aliphatic heterocycles. The van der Waals surface area contributed by atoms with Crippen molar-refractivity contribution in [3.05, 3.63) is 0 Å². The number of alkyl halides is 8. The van der Waals surface area contributed by atoms with E-state index in [1.165, 1.54) is 13.8 Å². The molecule has 2 aliphatic carbocycles. The number of hydrogen-bond acceptors (Lipinski definition) is 2. The van der Waals surface area contributed by atoms with Crippen LogP contribution in [0.1, 0.15) is 33.1 Å². The van der Waals surface area contributed by atoms with Crippen molar-refractivity contribution in [2.24, 2.45) is 23.7 Å². The highest BCUT2D eigenvalue weighted by Gasteiger charge is 2.74. The van der Waals surface area contributed by atoms with Gasteiger partial charge in [0, 0.05) is 20.9 Å². The maximum absolute atomic E-state index is 13.8. The van der Waals surface area contributed by atoms with Gasteiger partial charge < -0.3 is 9.47 Å². The molecule has 2 aliphatic rings. The van der Waals surface area contributed by atoms with Crippen LogP contribution in [-0.4, -0.2) is 39.2 Å². The molecule has 0 saturated heterocycles. The van der Waals surface area contributed by atoms with Crippen molar-refractivity contribution < 1.29 is 35.8 Å². The van der Waals surface area contributed by atoms with Gasteiger partial charge in [0.05, 0.1) is 0 Å². The number of halogens is 8. The van der Waals surface area contributed by atoms with Crippen LogP contribution in [0.5, 0.6) is 0 Å². The Bertz CT molecular complexity index is 480. The van der Waals surface area contributed by atoms with E-state index in [1.807, 2.05) is 0 Å². The predicted molar refractivity (Wildman–Crippen MR) is 101 cm³/mol. The Balaban J connectivity index is 2.37. The summed E-state index contributed by atoms with van der Waals surface area (Å²) in [7, 11) is 1.06. The molecule has 154 valence electrons. The van der Waals surface area contributed by atoms with Gasteiger partial charge in [0.1, 0.15) is 0 Å². The van der Waals surface area contributed by atoms with Crippen LogP contribution in [-0.2, 0) is 9.47 Å². The molecule has 2 fully saturated rings. The average Bonchev–Trinajstić information content (AvgIpc) is 3.00. The summed E-state index contributed by atoms with van der Waals surface area (Å²) in [6.45, 7) is 2.93. The molecule has 0 amide bonds. The molecule has 2 bridgehead atoms. The number of ether oxygens (including phenoxy) is 2. The lowest BCUT2D eigenvalue weighted by Gasteiger charge is -2.43. The van der Waals surface area contributed by atoms with Crippen molar-refractivity contribution in [2.75, 3.05) is 7.11 Å². The van der Waals surface area contributed by atoms with Crippen molar-refractivity contribution in [1.29, 1.82) is 0 Å². The summed E-state index contributed by atoms with van der Waals surface area (Å²) in [5.74, 6) is -1.29. The SMILES string of the molecule is COC(OC(CC1CC2C[C@H]1C(I)C2I)(C(F)(F)F)C(F)(F)F)C(C)C. The fourth-order valence-corrected chi connectivity index (χ4v) is 6.77. The van der Waals surface area contributed by atoms with E-state index in [-0.39, 0.29) is 15.8 Å². The molecule has 2 saturated carbocycles. The summed E-state index contributed by atoms with van der Waals surface area (Å²) < 4.78 is 92.7. The van der Waals surface area contributed by atoms with E-state index in [0.717, 1.165) is 7.11 Å². The van der Waals surface area contributed by atoms with Crippen molar-refractivity contribution >= 4 is 45.2 Å². The third-order valence-corrected chi connectivity index (χ3v) is 10.4. The first-order valence-corrected chi connectivity index (χ1v) is 10.9. The van der Waals surface area contributed by atoms with Crippen LogP contribution in [0.4, 0.5) is 26.3 Å². The van der Waals surface area contributed by atoms with Gasteiger partial charge in [-0.1, -0.05) is 59.0 Å². The molecule has 2 nitrogen and oxygen atoms in total. The molecule has 0 radical (unpaired) electrons. The van der Waals surface area contributed by atoms with Gasteiger partial charge in [-0.15, -0.1) is 0 Å². The molecule has 2 rings (SSSR count). The van der Waals surface area contributed by atoms with Crippen LogP contribution in [0.25, 0.3) is 0 Å². The lowest BCUT2D eigenvalue weighted by atomic mass is 9.79. The number of rotatable bonds is 6. The molecule has 26 heavy (non-hydrogen) atoms. The van der Waals surface area contributed by atoms with Gasteiger partial charge in [0.2, 0.25) is 0 Å². The second kappa shape index (κ2) is 8.00. The fourth-order valence-electron chi connectivity index (χ4n) is 4.18. The quantitative estimate of drug-likeness (QED) is 0.155. The minimum absolute atomic E-state index is 0.0828. The average molecular weight is 614 g/mol. The largest absolute Gasteiger partial charge is 0.426 e. The van der Waals surface area contributed by atoms with Gasteiger partial charge in [-0.2, -0.15) is 26.3 Å². The van der Waals surface area contributed by atoms with Crippen LogP contribution in [0.15, 0.2) is 0 Å². The highest BCUT2D eigenvalue weighted by Crippen LogP contribution is 2.60. The van der Waals surface area contributed by atoms with Crippen LogP contribution >= 0.6 is 45.2 Å². The smallest absolute Gasteiger partial charge is 0.356 e. The lowest BCUT2D eigenvalue weighted by Crippen LogP contribution is -2.62. The molecule has 0 aromatic carbocycles. The zero-order valence-corrected chi connectivity index (χ0v) is 18.8. The van der Waals surface area contributed by atoms with Gasteiger partial charge in [-0.25, -0.2) is 0 Å². The molecular formula is C16H22F6I2O2. The minimum atomic E-state index is -5.58. The predicted octanol–water partition coefficient (Wildman–Crippen LogP) is 6.15. The molecule has 0 spiro atoms. The molecule has 5 unspecified atom stereocenters. The molecule has 0 heterocycles. The van der Waals surface area contributed by atoms with Crippen molar-refractivity contribution in [3.8, 4) is 0 Å². The van der Waals surface area contributed by atoms with Crippen LogP contribution < -0.4 is 0 Å². The zero-order valence-electron chi connectivity index (χ0n) is 14.5. The Labute approximate surface area is 176 Å². The molecular weight excluding hydrogens is 592 g/mol. The first kappa shape index (κ1) is 23.2. The van der Waals surface area contributed by atoms with Crippen molar-refractivity contribution in [2.45, 2.75) is 65.2 Å². The van der Waals surface area contributed by atoms with Gasteiger partial charge >= 0.3 is 12.4 Å². The Morgan fingerprint density at radius 1 is 0.962 bits per heavy atom. The van der Waals surface area contributed by atoms with E-state index in [0.29, 0.717) is 16.8 Å². The summed E-state index contributed by atoms with van der Waals surface area (Å²) in [6, 6.07) is 0. The molecule has 6 atom stereocenters. The third kappa shape index (κ3) is 4.12. The fraction of sp³-hybridized carbons (Fsp3) is 1.00. The van der Waals surface area contributed by atoms with E-state index in [4.69, 9.17) is 9.47 Å². The first-order valence-electron chi connectivity index (χ1n) is 8.37. The number of fused-ring (bicyclic) bond motifs is 2. The normalized spacial score (nSPS) is 33.9. The second-order valence-corrected chi connectivity index (χ2v) is 10.4. The third-order valence-electron chi connectivity index (χ3n) is 5.51. The molecule has 0 aromatic heterocycles. The second-order valence-electron chi connectivity index (χ2n) is 7.54. The maximum atomic E-state index is 13.8. The van der Waals surface area contributed by atoms with Crippen molar-refractivity contribution in [1.82, 2.24) is 0 Å². The topological polar surface area (TPSA) is 18.5 Å². The van der Waals surface area contributed by atoms with Crippen molar-refractivity contribution in [3.63, 3.8) is 0 Å². The summed E-state index contributed by atoms with van der Waals surface area (Å²) in [5.41, 5.74) is -4.21. The number of hydrogen-bond donors (Lipinski definition) is 0. The van der Waals surface area contributed by atoms with Crippen LogP contribution in [0.3, 0.4) is 0 Å². The van der Waals surface area contributed by atoms with Gasteiger partial charge in [0.25, 0.3) is 5.60 Å². The number of methoxy groups -OCH3 is 1. The maximum Gasteiger partial charge on any atom is 0.426 e. The Morgan fingerprint density at radius 3 is 1.85 bits per heavy atom. The van der Waals surface area contributed by atoms with E-state index in [1.54, 1.807) is 0 Å². The molecule has 0 aromatic rings. The Kier molecular flexibility index (Phi) is 7.15. The van der Waals surface area contributed by atoms with Gasteiger partial charge in [0.15, 0.2) is 6.29 Å². The van der Waals surface area contributed by atoms with Crippen LogP contribution in [0, 0.1) is 23.7 Å². The summed E-state index contributed by atoms with van der Waals surface area (Å²) >= 11 is 4.43. The van der Waals surface area contributed by atoms with E-state index >= 15 is 0 Å². The monoisotopic (exact) mass is 614 g/mol. The van der Waals surface area contributed by atoms with Crippen LogP contribution in [0.2, 0.25) is 0 Å².